The average Bonchev–Trinajstić information content (AvgIpc) is 1.90. The van der Waals surface area contributed by atoms with Crippen LogP contribution in [0.15, 0.2) is 0 Å². The van der Waals surface area contributed by atoms with Crippen LogP contribution < -0.4 is 5.32 Å². The number of ether oxygens (including phenoxy) is 1. The van der Waals surface area contributed by atoms with E-state index >= 15 is 0 Å². The molecule has 0 aromatic heterocycles. The van der Waals surface area contributed by atoms with Crippen molar-refractivity contribution in [2.45, 2.75) is 13.0 Å². The van der Waals surface area contributed by atoms with Gasteiger partial charge in [0, 0.05) is 13.1 Å². The molecule has 0 aromatic rings. The minimum Gasteiger partial charge on any atom is -0.368 e. The zero-order chi connectivity index (χ0) is 6.69. The molecular formula is C6H10NO2. The summed E-state index contributed by atoms with van der Waals surface area (Å²) >= 11 is 0. The highest BCUT2D eigenvalue weighted by atomic mass is 16.5. The van der Waals surface area contributed by atoms with Crippen LogP contribution in [0.3, 0.4) is 0 Å². The Balaban J connectivity index is 2.31. The van der Waals surface area contributed by atoms with Crippen LogP contribution in [0.1, 0.15) is 6.92 Å². The second-order valence-electron chi connectivity index (χ2n) is 2.10. The smallest absolute Gasteiger partial charge is 0.159 e. The maximum absolute atomic E-state index is 10.6. The highest BCUT2D eigenvalue weighted by Crippen LogP contribution is 1.96. The van der Waals surface area contributed by atoms with Gasteiger partial charge in [-0.2, -0.15) is 0 Å². The molecule has 1 aliphatic rings. The van der Waals surface area contributed by atoms with Gasteiger partial charge in [0.25, 0.3) is 0 Å². The molecule has 0 aromatic carbocycles. The molecule has 1 unspecified atom stereocenters. The van der Waals surface area contributed by atoms with Gasteiger partial charge in [0.1, 0.15) is 6.10 Å². The van der Waals surface area contributed by atoms with E-state index in [1.54, 1.807) is 0 Å². The van der Waals surface area contributed by atoms with E-state index in [1.165, 1.54) is 6.92 Å². The predicted octanol–water partition coefficient (Wildman–Crippen LogP) is -0.421. The van der Waals surface area contributed by atoms with Gasteiger partial charge in [0.05, 0.1) is 6.61 Å². The minimum atomic E-state index is -0.251. The fraction of sp³-hybridized carbons (Fsp3) is 0.833. The molecule has 0 spiro atoms. The Kier molecular flexibility index (Phi) is 2.19. The van der Waals surface area contributed by atoms with Crippen LogP contribution in [-0.4, -0.2) is 31.6 Å². The third kappa shape index (κ3) is 1.77. The number of carbonyl (C=O) groups excluding carboxylic acids is 1. The zero-order valence-corrected chi connectivity index (χ0v) is 5.46. The van der Waals surface area contributed by atoms with Crippen LogP contribution in [0.5, 0.6) is 0 Å². The molecule has 51 valence electrons. The molecule has 9 heavy (non-hydrogen) atoms. The maximum Gasteiger partial charge on any atom is 0.159 e. The molecule has 0 bridgehead atoms. The topological polar surface area (TPSA) is 40.4 Å². The van der Waals surface area contributed by atoms with Crippen LogP contribution in [0.25, 0.3) is 0 Å². The lowest BCUT2D eigenvalue weighted by molar-refractivity contribution is -0.129. The van der Waals surface area contributed by atoms with Gasteiger partial charge in [-0.3, -0.25) is 4.79 Å². The third-order valence-corrected chi connectivity index (χ3v) is 1.32. The van der Waals surface area contributed by atoms with Crippen molar-refractivity contribution in [1.29, 1.82) is 0 Å². The Bertz CT molecular complexity index is 108. The molecule has 0 amide bonds. The summed E-state index contributed by atoms with van der Waals surface area (Å²) in [5, 5.41) is 4.03. The zero-order valence-electron chi connectivity index (χ0n) is 5.46. The van der Waals surface area contributed by atoms with E-state index in [2.05, 4.69) is 5.32 Å². The molecule has 3 nitrogen and oxygen atoms in total. The Morgan fingerprint density at radius 1 is 1.78 bits per heavy atom. The van der Waals surface area contributed by atoms with Crippen LogP contribution >= 0.6 is 0 Å². The number of hydrogen-bond acceptors (Lipinski definition) is 2. The summed E-state index contributed by atoms with van der Waals surface area (Å²) in [6.07, 6.45) is -0.251. The lowest BCUT2D eigenvalue weighted by Gasteiger charge is -2.19. The molecule has 1 atom stereocenters. The third-order valence-electron chi connectivity index (χ3n) is 1.32. The Morgan fingerprint density at radius 3 is 2.89 bits per heavy atom. The van der Waals surface area contributed by atoms with E-state index in [0.29, 0.717) is 13.2 Å². The number of Topliss-reactive ketones (excluding diaryl/α,β-unsaturated/α-hetero) is 1. The van der Waals surface area contributed by atoms with Crippen molar-refractivity contribution in [2.24, 2.45) is 0 Å². The van der Waals surface area contributed by atoms with E-state index in [0.717, 1.165) is 6.54 Å². The van der Waals surface area contributed by atoms with Crippen molar-refractivity contribution in [2.75, 3.05) is 19.7 Å². The minimum absolute atomic E-state index is 0.0819. The SMILES string of the molecule is CC(=O)C1C[N]CCO1. The first-order valence-corrected chi connectivity index (χ1v) is 3.06. The number of morpholine rings is 1. The molecular weight excluding hydrogens is 118 g/mol. The van der Waals surface area contributed by atoms with Gasteiger partial charge in [-0.1, -0.05) is 0 Å². The maximum atomic E-state index is 10.6. The van der Waals surface area contributed by atoms with Crippen molar-refractivity contribution in [3.8, 4) is 0 Å². The van der Waals surface area contributed by atoms with Crippen LogP contribution in [0, 0.1) is 0 Å². The quantitative estimate of drug-likeness (QED) is 0.481. The first-order valence-electron chi connectivity index (χ1n) is 3.06. The Hall–Kier alpha value is -0.410. The Labute approximate surface area is 54.4 Å². The monoisotopic (exact) mass is 128 g/mol. The standard InChI is InChI=1S/C6H10NO2/c1-5(8)6-4-7-2-3-9-6/h6H,2-4H2,1H3. The van der Waals surface area contributed by atoms with Gasteiger partial charge in [-0.25, -0.2) is 5.32 Å². The van der Waals surface area contributed by atoms with E-state index in [1.807, 2.05) is 0 Å². The molecule has 3 heteroatoms. The highest BCUT2D eigenvalue weighted by molar-refractivity contribution is 5.80. The molecule has 0 aliphatic carbocycles. The van der Waals surface area contributed by atoms with E-state index in [4.69, 9.17) is 4.74 Å². The number of rotatable bonds is 1. The van der Waals surface area contributed by atoms with Gasteiger partial charge in [-0.05, 0) is 6.92 Å². The summed E-state index contributed by atoms with van der Waals surface area (Å²) in [4.78, 5) is 10.6. The predicted molar refractivity (Wildman–Crippen MR) is 32.3 cm³/mol. The molecule has 1 rings (SSSR count). The summed E-state index contributed by atoms with van der Waals surface area (Å²) in [5.41, 5.74) is 0. The first kappa shape index (κ1) is 6.71. The van der Waals surface area contributed by atoms with E-state index in [-0.39, 0.29) is 11.9 Å². The normalized spacial score (nSPS) is 27.9. The van der Waals surface area contributed by atoms with Crippen LogP contribution in [0.2, 0.25) is 0 Å². The molecule has 1 aliphatic heterocycles. The van der Waals surface area contributed by atoms with Gasteiger partial charge in [0.15, 0.2) is 5.78 Å². The molecule has 1 radical (unpaired) electrons. The van der Waals surface area contributed by atoms with Crippen molar-refractivity contribution in [3.05, 3.63) is 0 Å². The molecule has 0 N–H and O–H groups in total. The second kappa shape index (κ2) is 2.94. The number of nitrogens with zero attached hydrogens (tertiary/aromatic N) is 1. The van der Waals surface area contributed by atoms with Crippen LogP contribution in [0.4, 0.5) is 0 Å². The van der Waals surface area contributed by atoms with Gasteiger partial charge in [0.2, 0.25) is 0 Å². The summed E-state index contributed by atoms with van der Waals surface area (Å²) in [6, 6.07) is 0. The summed E-state index contributed by atoms with van der Waals surface area (Å²) in [5.74, 6) is 0.0819. The number of hydrogen-bond donors (Lipinski definition) is 0. The summed E-state index contributed by atoms with van der Waals surface area (Å²) in [7, 11) is 0. The van der Waals surface area contributed by atoms with Gasteiger partial charge in [-0.15, -0.1) is 0 Å². The lowest BCUT2D eigenvalue weighted by Crippen LogP contribution is -2.38. The Morgan fingerprint density at radius 2 is 2.56 bits per heavy atom. The summed E-state index contributed by atoms with van der Waals surface area (Å²) in [6.45, 7) is 3.43. The molecule has 0 saturated carbocycles. The second-order valence-corrected chi connectivity index (χ2v) is 2.10. The van der Waals surface area contributed by atoms with Crippen molar-refractivity contribution in [3.63, 3.8) is 0 Å². The fourth-order valence-electron chi connectivity index (χ4n) is 0.767. The van der Waals surface area contributed by atoms with Crippen molar-refractivity contribution in [1.82, 2.24) is 5.32 Å². The van der Waals surface area contributed by atoms with Gasteiger partial charge < -0.3 is 4.74 Å². The largest absolute Gasteiger partial charge is 0.368 e. The van der Waals surface area contributed by atoms with E-state index in [9.17, 15) is 4.79 Å². The van der Waals surface area contributed by atoms with Crippen LogP contribution in [-0.2, 0) is 9.53 Å². The summed E-state index contributed by atoms with van der Waals surface area (Å²) < 4.78 is 5.10. The van der Waals surface area contributed by atoms with Crippen molar-refractivity contribution < 1.29 is 9.53 Å². The molecule has 1 fully saturated rings. The van der Waals surface area contributed by atoms with Gasteiger partial charge >= 0.3 is 0 Å². The number of carbonyl (C=O) groups is 1. The molecule has 1 heterocycles. The number of ketones is 1. The fourth-order valence-corrected chi connectivity index (χ4v) is 0.767. The lowest BCUT2D eigenvalue weighted by atomic mass is 10.2. The van der Waals surface area contributed by atoms with E-state index < -0.39 is 0 Å². The first-order chi connectivity index (χ1) is 4.30. The highest BCUT2D eigenvalue weighted by Gasteiger charge is 2.17. The average molecular weight is 128 g/mol. The van der Waals surface area contributed by atoms with Crippen molar-refractivity contribution >= 4 is 5.78 Å². The molecule has 1 saturated heterocycles.